The number of hydrogen-bond donors (Lipinski definition) is 1. The lowest BCUT2D eigenvalue weighted by molar-refractivity contribution is -0.119. The van der Waals surface area contributed by atoms with E-state index in [1.807, 2.05) is 39.0 Å². The number of carbonyl (C=O) groups excluding carboxylic acids is 2. The van der Waals surface area contributed by atoms with E-state index in [4.69, 9.17) is 16.3 Å². The van der Waals surface area contributed by atoms with Crippen LogP contribution in [0, 0.1) is 12.7 Å². The number of rotatable bonds is 5. The van der Waals surface area contributed by atoms with Gasteiger partial charge in [0.25, 0.3) is 5.91 Å². The molecule has 2 rings (SSSR count). The Balaban J connectivity index is 2.06. The highest BCUT2D eigenvalue weighted by molar-refractivity contribution is 6.33. The molecule has 132 valence electrons. The molecule has 4 nitrogen and oxygen atoms in total. The Bertz CT molecular complexity index is 785. The van der Waals surface area contributed by atoms with E-state index >= 15 is 0 Å². The van der Waals surface area contributed by atoms with E-state index in [9.17, 15) is 14.0 Å². The average molecular weight is 364 g/mol. The standard InChI is InChI=1S/C19H19ClFNO3/c1-11(2)13-7-4-6-12(3)18(13)22-16(23)10-25-19(24)17-14(20)8-5-9-15(17)21/h4-9,11H,10H2,1-3H3,(H,22,23). The lowest BCUT2D eigenvalue weighted by Gasteiger charge is -2.16. The minimum Gasteiger partial charge on any atom is -0.452 e. The molecule has 6 heteroatoms. The van der Waals surface area contributed by atoms with E-state index < -0.39 is 24.3 Å². The Morgan fingerprint density at radius 1 is 1.20 bits per heavy atom. The predicted octanol–water partition coefficient (Wildman–Crippen LogP) is 4.71. The molecule has 0 heterocycles. The summed E-state index contributed by atoms with van der Waals surface area (Å²) in [5.41, 5.74) is 2.21. The number of nitrogens with one attached hydrogen (secondary N) is 1. The Morgan fingerprint density at radius 3 is 2.52 bits per heavy atom. The lowest BCUT2D eigenvalue weighted by Crippen LogP contribution is -2.22. The number of halogens is 2. The first-order valence-corrected chi connectivity index (χ1v) is 8.19. The van der Waals surface area contributed by atoms with Crippen LogP contribution < -0.4 is 5.32 Å². The van der Waals surface area contributed by atoms with Gasteiger partial charge in [-0.25, -0.2) is 9.18 Å². The van der Waals surface area contributed by atoms with E-state index in [-0.39, 0.29) is 16.5 Å². The summed E-state index contributed by atoms with van der Waals surface area (Å²) in [5.74, 6) is -2.06. The van der Waals surface area contributed by atoms with E-state index in [2.05, 4.69) is 5.32 Å². The molecule has 2 aromatic rings. The maximum absolute atomic E-state index is 13.7. The van der Waals surface area contributed by atoms with Crippen LogP contribution in [0.4, 0.5) is 10.1 Å². The predicted molar refractivity (Wildman–Crippen MR) is 95.6 cm³/mol. The molecule has 1 N–H and O–H groups in total. The maximum atomic E-state index is 13.7. The summed E-state index contributed by atoms with van der Waals surface area (Å²) >= 11 is 5.80. The van der Waals surface area contributed by atoms with Gasteiger partial charge in [0.05, 0.1) is 5.02 Å². The minimum absolute atomic E-state index is 0.0635. The number of benzene rings is 2. The van der Waals surface area contributed by atoms with Crippen molar-refractivity contribution in [2.45, 2.75) is 26.7 Å². The normalized spacial score (nSPS) is 10.6. The smallest absolute Gasteiger partial charge is 0.343 e. The highest BCUT2D eigenvalue weighted by atomic mass is 35.5. The monoisotopic (exact) mass is 363 g/mol. The van der Waals surface area contributed by atoms with Gasteiger partial charge >= 0.3 is 5.97 Å². The molecule has 0 aliphatic carbocycles. The third-order valence-corrected chi connectivity index (χ3v) is 4.01. The quantitative estimate of drug-likeness (QED) is 0.783. The largest absolute Gasteiger partial charge is 0.452 e. The number of hydrogen-bond acceptors (Lipinski definition) is 3. The van der Waals surface area contributed by atoms with Gasteiger partial charge in [0, 0.05) is 5.69 Å². The Labute approximate surface area is 150 Å². The zero-order valence-electron chi connectivity index (χ0n) is 14.2. The summed E-state index contributed by atoms with van der Waals surface area (Å²) in [7, 11) is 0. The topological polar surface area (TPSA) is 55.4 Å². The Kier molecular flexibility index (Phi) is 6.15. The maximum Gasteiger partial charge on any atom is 0.343 e. The fraction of sp³-hybridized carbons (Fsp3) is 0.263. The molecule has 0 atom stereocenters. The lowest BCUT2D eigenvalue weighted by atomic mass is 9.98. The highest BCUT2D eigenvalue weighted by Crippen LogP contribution is 2.27. The first-order valence-electron chi connectivity index (χ1n) is 7.81. The van der Waals surface area contributed by atoms with E-state index in [0.29, 0.717) is 5.69 Å². The van der Waals surface area contributed by atoms with Crippen molar-refractivity contribution in [1.82, 2.24) is 0 Å². The van der Waals surface area contributed by atoms with Crippen LogP contribution >= 0.6 is 11.6 Å². The van der Waals surface area contributed by atoms with Crippen molar-refractivity contribution in [3.63, 3.8) is 0 Å². The molecule has 0 radical (unpaired) electrons. The van der Waals surface area contributed by atoms with E-state index in [1.54, 1.807) is 0 Å². The van der Waals surface area contributed by atoms with Crippen molar-refractivity contribution in [2.75, 3.05) is 11.9 Å². The fourth-order valence-electron chi connectivity index (χ4n) is 2.41. The zero-order chi connectivity index (χ0) is 18.6. The van der Waals surface area contributed by atoms with E-state index in [1.165, 1.54) is 12.1 Å². The Morgan fingerprint density at radius 2 is 1.88 bits per heavy atom. The third-order valence-electron chi connectivity index (χ3n) is 3.69. The molecule has 0 fully saturated rings. The van der Waals surface area contributed by atoms with Crippen molar-refractivity contribution < 1.29 is 18.7 Å². The van der Waals surface area contributed by atoms with E-state index in [0.717, 1.165) is 17.2 Å². The van der Waals surface area contributed by atoms with Gasteiger partial charge < -0.3 is 10.1 Å². The number of carbonyl (C=O) groups is 2. The molecular weight excluding hydrogens is 345 g/mol. The van der Waals surface area contributed by atoms with Crippen molar-refractivity contribution in [2.24, 2.45) is 0 Å². The van der Waals surface area contributed by atoms with Crippen LogP contribution in [0.15, 0.2) is 36.4 Å². The minimum atomic E-state index is -0.980. The second kappa shape index (κ2) is 8.12. The summed E-state index contributed by atoms with van der Waals surface area (Å²) in [6.45, 7) is 5.39. The van der Waals surface area contributed by atoms with Gasteiger partial charge in [0.2, 0.25) is 0 Å². The molecule has 0 saturated heterocycles. The number of amides is 1. The second-order valence-electron chi connectivity index (χ2n) is 5.91. The van der Waals surface area contributed by atoms with Crippen LogP contribution in [0.25, 0.3) is 0 Å². The van der Waals surface area contributed by atoms with Crippen LogP contribution in [0.5, 0.6) is 0 Å². The number of para-hydroxylation sites is 1. The number of ether oxygens (including phenoxy) is 1. The van der Waals surface area contributed by atoms with Gasteiger partial charge in [-0.05, 0) is 36.1 Å². The molecule has 0 spiro atoms. The Hall–Kier alpha value is -2.40. The molecule has 2 aromatic carbocycles. The zero-order valence-corrected chi connectivity index (χ0v) is 15.0. The molecule has 0 aliphatic rings. The van der Waals surface area contributed by atoms with Crippen molar-refractivity contribution in [3.8, 4) is 0 Å². The van der Waals surface area contributed by atoms with Gasteiger partial charge in [-0.15, -0.1) is 0 Å². The summed E-state index contributed by atoms with van der Waals surface area (Å²) in [4.78, 5) is 24.1. The SMILES string of the molecule is Cc1cccc(C(C)C)c1NC(=O)COC(=O)c1c(F)cccc1Cl. The average Bonchev–Trinajstić information content (AvgIpc) is 2.54. The second-order valence-corrected chi connectivity index (χ2v) is 6.32. The first-order chi connectivity index (χ1) is 11.8. The van der Waals surface area contributed by atoms with Gasteiger partial charge in [-0.2, -0.15) is 0 Å². The third kappa shape index (κ3) is 4.57. The first kappa shape index (κ1) is 18.9. The summed E-state index contributed by atoms with van der Waals surface area (Å²) in [6, 6.07) is 9.59. The number of anilines is 1. The molecule has 0 aromatic heterocycles. The molecule has 1 amide bonds. The van der Waals surface area contributed by atoms with Crippen LogP contribution in [-0.4, -0.2) is 18.5 Å². The van der Waals surface area contributed by atoms with Crippen molar-refractivity contribution in [1.29, 1.82) is 0 Å². The molecule has 0 saturated carbocycles. The summed E-state index contributed by atoms with van der Waals surface area (Å²) in [6.07, 6.45) is 0. The van der Waals surface area contributed by atoms with Gasteiger partial charge in [-0.3, -0.25) is 4.79 Å². The molecular formula is C19H19ClFNO3. The van der Waals surface area contributed by atoms with Crippen LogP contribution in [0.1, 0.15) is 41.3 Å². The molecule has 25 heavy (non-hydrogen) atoms. The van der Waals surface area contributed by atoms with Crippen molar-refractivity contribution >= 4 is 29.2 Å². The summed E-state index contributed by atoms with van der Waals surface area (Å²) < 4.78 is 18.6. The van der Waals surface area contributed by atoms with Crippen LogP contribution in [-0.2, 0) is 9.53 Å². The highest BCUT2D eigenvalue weighted by Gasteiger charge is 2.19. The molecule has 0 bridgehead atoms. The van der Waals surface area contributed by atoms with Crippen molar-refractivity contribution in [3.05, 3.63) is 63.9 Å². The van der Waals surface area contributed by atoms with Gasteiger partial charge in [-0.1, -0.05) is 49.7 Å². The summed E-state index contributed by atoms with van der Waals surface area (Å²) in [5, 5.41) is 2.69. The number of aryl methyl sites for hydroxylation is 1. The fourth-order valence-corrected chi connectivity index (χ4v) is 2.65. The van der Waals surface area contributed by atoms with Gasteiger partial charge in [0.1, 0.15) is 11.4 Å². The number of esters is 1. The molecule has 0 aliphatic heterocycles. The van der Waals surface area contributed by atoms with Crippen LogP contribution in [0.3, 0.4) is 0 Å². The molecule has 0 unspecified atom stereocenters. The van der Waals surface area contributed by atoms with Gasteiger partial charge in [0.15, 0.2) is 6.61 Å². The van der Waals surface area contributed by atoms with Crippen LogP contribution in [0.2, 0.25) is 5.02 Å².